The monoisotopic (exact) mass is 341 g/mol. The summed E-state index contributed by atoms with van der Waals surface area (Å²) in [6.07, 6.45) is 0.470. The first-order valence-electron chi connectivity index (χ1n) is 6.88. The molecule has 7 heteroatoms. The Morgan fingerprint density at radius 3 is 2.77 bits per heavy atom. The van der Waals surface area contributed by atoms with Gasteiger partial charge in [-0.05, 0) is 38.1 Å². The molecule has 0 amide bonds. The van der Waals surface area contributed by atoms with Gasteiger partial charge in [-0.25, -0.2) is 17.5 Å². The first-order chi connectivity index (χ1) is 10.4. The van der Waals surface area contributed by atoms with E-state index in [2.05, 4.69) is 4.72 Å². The summed E-state index contributed by atoms with van der Waals surface area (Å²) in [4.78, 5) is 1.98. The molecule has 0 fully saturated rings. The lowest BCUT2D eigenvalue weighted by molar-refractivity contribution is 0.262. The number of sulfonamides is 1. The standard InChI is InChI=1S/C15H16FNO3S2/c1-9-7-15(10(2)21-9)22(18,19)17-13-5-6-20-14-4-3-11(16)8-12(13)14/h3-4,7-8,13,17H,5-6H2,1-2H3/t13-/m1/s1. The molecule has 0 saturated heterocycles. The molecule has 1 N–H and O–H groups in total. The van der Waals surface area contributed by atoms with Crippen LogP contribution in [0, 0.1) is 19.7 Å². The fraction of sp³-hybridized carbons (Fsp3) is 0.333. The van der Waals surface area contributed by atoms with Crippen LogP contribution in [0.1, 0.15) is 27.8 Å². The number of ether oxygens (including phenoxy) is 1. The summed E-state index contributed by atoms with van der Waals surface area (Å²) < 4.78 is 46.8. The maximum absolute atomic E-state index is 13.5. The number of rotatable bonds is 3. The van der Waals surface area contributed by atoms with Crippen molar-refractivity contribution in [2.45, 2.75) is 31.2 Å². The van der Waals surface area contributed by atoms with E-state index in [4.69, 9.17) is 4.74 Å². The van der Waals surface area contributed by atoms with Crippen LogP contribution in [0.2, 0.25) is 0 Å². The van der Waals surface area contributed by atoms with Crippen LogP contribution in [0.25, 0.3) is 0 Å². The Hall–Kier alpha value is -1.44. The summed E-state index contributed by atoms with van der Waals surface area (Å²) >= 11 is 1.44. The molecule has 1 aliphatic rings. The summed E-state index contributed by atoms with van der Waals surface area (Å²) in [5, 5.41) is 0. The van der Waals surface area contributed by atoms with Gasteiger partial charge in [0, 0.05) is 21.7 Å². The maximum atomic E-state index is 13.5. The van der Waals surface area contributed by atoms with Crippen molar-refractivity contribution in [1.29, 1.82) is 0 Å². The quantitative estimate of drug-likeness (QED) is 0.932. The van der Waals surface area contributed by atoms with Crippen molar-refractivity contribution in [3.63, 3.8) is 0 Å². The lowest BCUT2D eigenvalue weighted by Gasteiger charge is -2.26. The molecule has 118 valence electrons. The number of fused-ring (bicyclic) bond motifs is 1. The third-order valence-corrected chi connectivity index (χ3v) is 6.29. The predicted octanol–water partition coefficient (Wildman–Crippen LogP) is 3.31. The minimum Gasteiger partial charge on any atom is -0.493 e. The Kier molecular flexibility index (Phi) is 3.96. The van der Waals surface area contributed by atoms with Crippen molar-refractivity contribution in [1.82, 2.24) is 4.72 Å². The Morgan fingerprint density at radius 2 is 2.09 bits per heavy atom. The number of halogens is 1. The fourth-order valence-electron chi connectivity index (χ4n) is 2.61. The van der Waals surface area contributed by atoms with Gasteiger partial charge in [-0.1, -0.05) is 0 Å². The summed E-state index contributed by atoms with van der Waals surface area (Å²) in [5.74, 6) is 0.120. The zero-order valence-electron chi connectivity index (χ0n) is 12.2. The van der Waals surface area contributed by atoms with Crippen LogP contribution in [-0.2, 0) is 10.0 Å². The van der Waals surface area contributed by atoms with E-state index in [1.807, 2.05) is 6.92 Å². The summed E-state index contributed by atoms with van der Waals surface area (Å²) in [5.41, 5.74) is 0.541. The second kappa shape index (κ2) is 5.64. The van der Waals surface area contributed by atoms with E-state index in [1.165, 1.54) is 29.5 Å². The van der Waals surface area contributed by atoms with E-state index >= 15 is 0 Å². The number of aryl methyl sites for hydroxylation is 2. The van der Waals surface area contributed by atoms with Gasteiger partial charge in [0.2, 0.25) is 10.0 Å². The van der Waals surface area contributed by atoms with Gasteiger partial charge < -0.3 is 4.74 Å². The molecule has 0 spiro atoms. The van der Waals surface area contributed by atoms with Crippen molar-refractivity contribution < 1.29 is 17.5 Å². The van der Waals surface area contributed by atoms with Gasteiger partial charge in [-0.3, -0.25) is 0 Å². The van der Waals surface area contributed by atoms with Crippen LogP contribution in [0.3, 0.4) is 0 Å². The zero-order chi connectivity index (χ0) is 15.9. The Bertz CT molecular complexity index is 814. The highest BCUT2D eigenvalue weighted by Crippen LogP contribution is 2.34. The van der Waals surface area contributed by atoms with Crippen LogP contribution in [0.4, 0.5) is 4.39 Å². The molecule has 1 atom stereocenters. The Balaban J connectivity index is 1.94. The van der Waals surface area contributed by atoms with E-state index < -0.39 is 21.9 Å². The van der Waals surface area contributed by atoms with Gasteiger partial charge in [0.1, 0.15) is 11.6 Å². The molecule has 0 saturated carbocycles. The topological polar surface area (TPSA) is 55.4 Å². The first-order valence-corrected chi connectivity index (χ1v) is 9.18. The van der Waals surface area contributed by atoms with Crippen LogP contribution in [0.15, 0.2) is 29.2 Å². The highest BCUT2D eigenvalue weighted by molar-refractivity contribution is 7.89. The lowest BCUT2D eigenvalue weighted by Crippen LogP contribution is -2.32. The van der Waals surface area contributed by atoms with E-state index in [0.29, 0.717) is 29.2 Å². The van der Waals surface area contributed by atoms with Gasteiger partial charge in [-0.15, -0.1) is 11.3 Å². The molecule has 22 heavy (non-hydrogen) atoms. The molecule has 0 radical (unpaired) electrons. The molecule has 2 heterocycles. The molecule has 2 aromatic rings. The molecule has 0 unspecified atom stereocenters. The Morgan fingerprint density at radius 1 is 1.32 bits per heavy atom. The number of hydrogen-bond acceptors (Lipinski definition) is 4. The van der Waals surface area contributed by atoms with Crippen molar-refractivity contribution in [3.8, 4) is 5.75 Å². The molecule has 0 aliphatic carbocycles. The van der Waals surface area contributed by atoms with Gasteiger partial charge in [-0.2, -0.15) is 0 Å². The van der Waals surface area contributed by atoms with Crippen molar-refractivity contribution >= 4 is 21.4 Å². The second-order valence-electron chi connectivity index (χ2n) is 5.27. The van der Waals surface area contributed by atoms with E-state index in [0.717, 1.165) is 9.75 Å². The SMILES string of the molecule is Cc1cc(S(=O)(=O)N[C@@H]2CCOc3ccc(F)cc32)c(C)s1. The average molecular weight is 341 g/mol. The maximum Gasteiger partial charge on any atom is 0.242 e. The molecular weight excluding hydrogens is 325 g/mol. The first kappa shape index (κ1) is 15.5. The number of hydrogen-bond donors (Lipinski definition) is 1. The average Bonchev–Trinajstić information content (AvgIpc) is 2.79. The third kappa shape index (κ3) is 2.88. The molecular formula is C15H16FNO3S2. The number of nitrogens with one attached hydrogen (secondary N) is 1. The Labute approximate surface area is 133 Å². The molecule has 1 aliphatic heterocycles. The number of thiophene rings is 1. The van der Waals surface area contributed by atoms with Gasteiger partial charge in [0.05, 0.1) is 17.5 Å². The molecule has 1 aromatic carbocycles. The van der Waals surface area contributed by atoms with E-state index in [9.17, 15) is 12.8 Å². The molecule has 3 rings (SSSR count). The predicted molar refractivity (Wildman–Crippen MR) is 83.4 cm³/mol. The fourth-order valence-corrected chi connectivity index (χ4v) is 5.42. The van der Waals surface area contributed by atoms with Gasteiger partial charge in [0.15, 0.2) is 0 Å². The lowest BCUT2D eigenvalue weighted by atomic mass is 10.0. The smallest absolute Gasteiger partial charge is 0.242 e. The summed E-state index contributed by atoms with van der Waals surface area (Å²) in [7, 11) is -3.64. The van der Waals surface area contributed by atoms with Crippen LogP contribution >= 0.6 is 11.3 Å². The second-order valence-corrected chi connectivity index (χ2v) is 8.41. The highest BCUT2D eigenvalue weighted by atomic mass is 32.2. The van der Waals surface area contributed by atoms with Crippen molar-refractivity contribution in [2.75, 3.05) is 6.61 Å². The summed E-state index contributed by atoms with van der Waals surface area (Å²) in [6.45, 7) is 4.05. The van der Waals surface area contributed by atoms with Crippen LogP contribution < -0.4 is 9.46 Å². The number of benzene rings is 1. The minimum atomic E-state index is -3.64. The minimum absolute atomic E-state index is 0.291. The molecule has 1 aromatic heterocycles. The molecule has 4 nitrogen and oxygen atoms in total. The zero-order valence-corrected chi connectivity index (χ0v) is 13.9. The third-order valence-electron chi connectivity index (χ3n) is 3.59. The highest BCUT2D eigenvalue weighted by Gasteiger charge is 2.28. The normalized spacial score (nSPS) is 17.9. The van der Waals surface area contributed by atoms with E-state index in [1.54, 1.807) is 13.0 Å². The molecule has 0 bridgehead atoms. The van der Waals surface area contributed by atoms with Crippen LogP contribution in [-0.4, -0.2) is 15.0 Å². The van der Waals surface area contributed by atoms with Gasteiger partial charge >= 0.3 is 0 Å². The largest absolute Gasteiger partial charge is 0.493 e. The van der Waals surface area contributed by atoms with Gasteiger partial charge in [0.25, 0.3) is 0 Å². The summed E-state index contributed by atoms with van der Waals surface area (Å²) in [6, 6.07) is 5.35. The van der Waals surface area contributed by atoms with E-state index in [-0.39, 0.29) is 0 Å². The van der Waals surface area contributed by atoms with Crippen molar-refractivity contribution in [3.05, 3.63) is 45.4 Å². The van der Waals surface area contributed by atoms with Crippen molar-refractivity contribution in [2.24, 2.45) is 0 Å². The van der Waals surface area contributed by atoms with Crippen LogP contribution in [0.5, 0.6) is 5.75 Å².